The van der Waals surface area contributed by atoms with Crippen LogP contribution in [0.4, 0.5) is 24.7 Å². The minimum atomic E-state index is -4.88. The highest BCUT2D eigenvalue weighted by Crippen LogP contribution is 2.41. The lowest BCUT2D eigenvalue weighted by molar-refractivity contribution is -0.384. The highest BCUT2D eigenvalue weighted by atomic mass is 19.4. The minimum absolute atomic E-state index is 0.0356. The van der Waals surface area contributed by atoms with E-state index >= 15 is 0 Å². The molecule has 1 N–H and O–H groups in total. The molecule has 4 rings (SSSR count). The number of allylic oxidation sites excluding steroid dienone is 1. The zero-order valence-electron chi connectivity index (χ0n) is 21.6. The van der Waals surface area contributed by atoms with Crippen LogP contribution in [0.1, 0.15) is 70.1 Å². The second-order valence-corrected chi connectivity index (χ2v) is 8.99. The van der Waals surface area contributed by atoms with E-state index in [1.54, 1.807) is 13.8 Å². The third kappa shape index (κ3) is 7.15. The Balaban J connectivity index is 0.00000195. The summed E-state index contributed by atoms with van der Waals surface area (Å²) in [5.74, 6) is -0.889. The molecule has 9 nitrogen and oxygen atoms in total. The van der Waals surface area contributed by atoms with Crippen LogP contribution in [0.25, 0.3) is 11.6 Å². The summed E-state index contributed by atoms with van der Waals surface area (Å²) in [6.45, 7) is 7.70. The van der Waals surface area contributed by atoms with Gasteiger partial charge < -0.3 is 14.5 Å². The maximum Gasteiger partial charge on any atom is 0.420 e. The van der Waals surface area contributed by atoms with E-state index in [0.29, 0.717) is 25.3 Å². The second-order valence-electron chi connectivity index (χ2n) is 8.99. The van der Waals surface area contributed by atoms with Gasteiger partial charge in [0.25, 0.3) is 5.89 Å². The standard InChI is InChI=1S/C24H24F3N5O4.C2H6/c1-23(2)12-8-4-7-11-18(35-14-15-9-5-3-6-10-15)21-30-31-22(36-21)19-17(32(33)34)13-16(24(25,26)27)20(28-19)29-23;1-2/h3-7,9-10,13,18H,8,11-12,14H2,1-2H3,(H,28,29);1-2H3/b7-4+;. The van der Waals surface area contributed by atoms with Gasteiger partial charge in [0, 0.05) is 18.0 Å². The molecular weight excluding hydrogens is 503 g/mol. The lowest BCUT2D eigenvalue weighted by atomic mass is 9.97. The monoisotopic (exact) mass is 533 g/mol. The minimum Gasteiger partial charge on any atom is -0.416 e. The summed E-state index contributed by atoms with van der Waals surface area (Å²) in [5.41, 5.74) is -2.50. The van der Waals surface area contributed by atoms with Crippen LogP contribution >= 0.6 is 0 Å². The van der Waals surface area contributed by atoms with Crippen molar-refractivity contribution in [1.82, 2.24) is 15.2 Å². The topological polar surface area (TPSA) is 116 Å². The van der Waals surface area contributed by atoms with E-state index < -0.39 is 45.5 Å². The fourth-order valence-corrected chi connectivity index (χ4v) is 3.75. The zero-order chi connectivity index (χ0) is 27.9. The number of benzene rings is 1. The second kappa shape index (κ2) is 12.2. The number of nitrogens with zero attached hydrogens (tertiary/aromatic N) is 4. The third-order valence-electron chi connectivity index (χ3n) is 5.63. The first-order chi connectivity index (χ1) is 18.0. The molecule has 0 aliphatic carbocycles. The highest BCUT2D eigenvalue weighted by molar-refractivity contribution is 5.68. The molecule has 204 valence electrons. The summed E-state index contributed by atoms with van der Waals surface area (Å²) in [5, 5.41) is 22.3. The number of anilines is 1. The van der Waals surface area contributed by atoms with E-state index in [4.69, 9.17) is 9.15 Å². The van der Waals surface area contributed by atoms with Crippen LogP contribution in [0.3, 0.4) is 0 Å². The number of aromatic nitrogens is 3. The smallest absolute Gasteiger partial charge is 0.416 e. The van der Waals surface area contributed by atoms with Crippen molar-refractivity contribution in [2.45, 2.75) is 71.4 Å². The molecule has 0 amide bonds. The average Bonchev–Trinajstić information content (AvgIpc) is 3.35. The maximum absolute atomic E-state index is 13.8. The number of hydrogen-bond acceptors (Lipinski definition) is 8. The molecule has 3 heterocycles. The molecule has 0 saturated carbocycles. The van der Waals surface area contributed by atoms with Crippen molar-refractivity contribution in [3.63, 3.8) is 0 Å². The van der Waals surface area contributed by atoms with Gasteiger partial charge in [-0.25, -0.2) is 4.98 Å². The van der Waals surface area contributed by atoms with Gasteiger partial charge in [0.2, 0.25) is 11.6 Å². The molecule has 1 aliphatic heterocycles. The van der Waals surface area contributed by atoms with Crippen molar-refractivity contribution < 1.29 is 27.2 Å². The molecule has 0 spiro atoms. The van der Waals surface area contributed by atoms with Crippen LogP contribution in [0.2, 0.25) is 0 Å². The lowest BCUT2D eigenvalue weighted by Crippen LogP contribution is -2.32. The molecule has 12 heteroatoms. The largest absolute Gasteiger partial charge is 0.420 e. The van der Waals surface area contributed by atoms with Crippen LogP contribution in [0, 0.1) is 10.1 Å². The van der Waals surface area contributed by atoms with E-state index in [2.05, 4.69) is 20.5 Å². The Morgan fingerprint density at radius 1 is 1.18 bits per heavy atom. The van der Waals surface area contributed by atoms with Gasteiger partial charge in [-0.15, -0.1) is 10.2 Å². The van der Waals surface area contributed by atoms with Gasteiger partial charge in [-0.3, -0.25) is 10.1 Å². The number of halogens is 3. The number of nitrogens with one attached hydrogen (secondary N) is 1. The summed E-state index contributed by atoms with van der Waals surface area (Å²) < 4.78 is 53.1. The number of rotatable bonds is 4. The first-order valence-corrected chi connectivity index (χ1v) is 12.2. The van der Waals surface area contributed by atoms with Gasteiger partial charge >= 0.3 is 11.9 Å². The molecule has 0 radical (unpaired) electrons. The van der Waals surface area contributed by atoms with E-state index in [-0.39, 0.29) is 18.4 Å². The van der Waals surface area contributed by atoms with Crippen LogP contribution in [0.15, 0.2) is 53.0 Å². The van der Waals surface area contributed by atoms with E-state index in [1.807, 2.05) is 56.3 Å². The summed E-state index contributed by atoms with van der Waals surface area (Å²) in [4.78, 5) is 14.7. The molecule has 1 unspecified atom stereocenters. The van der Waals surface area contributed by atoms with Gasteiger partial charge in [0.15, 0.2) is 0 Å². The molecular formula is C26H30F3N5O4. The number of ether oxygens (including phenoxy) is 1. The summed E-state index contributed by atoms with van der Waals surface area (Å²) in [6, 6.07) is 9.86. The molecule has 1 atom stereocenters. The summed E-state index contributed by atoms with van der Waals surface area (Å²) in [7, 11) is 0. The van der Waals surface area contributed by atoms with E-state index in [0.717, 1.165) is 5.56 Å². The lowest BCUT2D eigenvalue weighted by Gasteiger charge is -2.28. The van der Waals surface area contributed by atoms with Crippen LogP contribution in [-0.4, -0.2) is 25.6 Å². The Hall–Kier alpha value is -3.80. The third-order valence-corrected chi connectivity index (χ3v) is 5.63. The van der Waals surface area contributed by atoms with Crippen molar-refractivity contribution >= 4 is 11.5 Å². The highest BCUT2D eigenvalue weighted by Gasteiger charge is 2.40. The Morgan fingerprint density at radius 2 is 1.89 bits per heavy atom. The van der Waals surface area contributed by atoms with Crippen molar-refractivity contribution in [2.75, 3.05) is 5.32 Å². The molecule has 4 bridgehead atoms. The number of pyridine rings is 1. The Morgan fingerprint density at radius 3 is 2.55 bits per heavy atom. The normalized spacial score (nSPS) is 17.8. The zero-order valence-corrected chi connectivity index (χ0v) is 21.6. The first-order valence-electron chi connectivity index (χ1n) is 12.2. The fraction of sp³-hybridized carbons (Fsp3) is 0.423. The number of hydrogen-bond donors (Lipinski definition) is 1. The van der Waals surface area contributed by atoms with Gasteiger partial charge in [0.1, 0.15) is 17.5 Å². The molecule has 1 aromatic carbocycles. The Kier molecular flexibility index (Phi) is 9.21. The van der Waals surface area contributed by atoms with E-state index in [9.17, 15) is 23.3 Å². The van der Waals surface area contributed by atoms with Crippen LogP contribution < -0.4 is 5.32 Å². The van der Waals surface area contributed by atoms with Crippen molar-refractivity contribution in [1.29, 1.82) is 0 Å². The van der Waals surface area contributed by atoms with Gasteiger partial charge in [-0.05, 0) is 32.3 Å². The van der Waals surface area contributed by atoms with Gasteiger partial charge in [-0.2, -0.15) is 13.2 Å². The SMILES string of the molecule is CC.CC1(C)CC/C=C/CC(OCc2ccccc2)c2nnc(o2)-c2nc(c(C(F)(F)F)cc2[N+](=O)[O-])N1. The molecule has 2 aromatic heterocycles. The predicted molar refractivity (Wildman–Crippen MR) is 135 cm³/mol. The summed E-state index contributed by atoms with van der Waals surface area (Å²) >= 11 is 0. The molecule has 0 saturated heterocycles. The number of nitro groups is 1. The van der Waals surface area contributed by atoms with Crippen LogP contribution in [-0.2, 0) is 17.5 Å². The van der Waals surface area contributed by atoms with Crippen LogP contribution in [0.5, 0.6) is 0 Å². The Bertz CT molecular complexity index is 1260. The number of fused-ring (bicyclic) bond motifs is 5. The van der Waals surface area contributed by atoms with Gasteiger partial charge in [0.05, 0.1) is 11.5 Å². The van der Waals surface area contributed by atoms with Crippen molar-refractivity contribution in [3.05, 3.63) is 75.7 Å². The predicted octanol–water partition coefficient (Wildman–Crippen LogP) is 7.27. The molecule has 3 aromatic rings. The van der Waals surface area contributed by atoms with E-state index in [1.165, 1.54) is 0 Å². The fourth-order valence-electron chi connectivity index (χ4n) is 3.75. The maximum atomic E-state index is 13.8. The molecule has 0 fully saturated rings. The molecule has 38 heavy (non-hydrogen) atoms. The van der Waals surface area contributed by atoms with Crippen molar-refractivity contribution in [2.24, 2.45) is 0 Å². The molecule has 1 aliphatic rings. The first kappa shape index (κ1) is 28.8. The van der Waals surface area contributed by atoms with Crippen molar-refractivity contribution in [3.8, 4) is 11.6 Å². The van der Waals surface area contributed by atoms with Gasteiger partial charge in [-0.1, -0.05) is 56.3 Å². The number of alkyl halides is 3. The average molecular weight is 534 g/mol. The quantitative estimate of drug-likeness (QED) is 0.211. The Labute approximate surface area is 218 Å². The summed E-state index contributed by atoms with van der Waals surface area (Å²) in [6.07, 6.45) is -0.353.